The predicted molar refractivity (Wildman–Crippen MR) is 87.9 cm³/mol. The van der Waals surface area contributed by atoms with Crippen molar-refractivity contribution < 1.29 is 9.18 Å². The van der Waals surface area contributed by atoms with Gasteiger partial charge >= 0.3 is 0 Å². The fraction of sp³-hybridized carbons (Fsp3) is 0.353. The van der Waals surface area contributed by atoms with Gasteiger partial charge in [0.05, 0.1) is 0 Å². The maximum absolute atomic E-state index is 14.1. The Hall–Kier alpha value is -2.54. The van der Waals surface area contributed by atoms with Gasteiger partial charge in [-0.05, 0) is 32.0 Å². The summed E-state index contributed by atoms with van der Waals surface area (Å²) in [7, 11) is 0. The Labute approximate surface area is 138 Å². The van der Waals surface area contributed by atoms with Crippen molar-refractivity contribution in [1.82, 2.24) is 20.0 Å². The van der Waals surface area contributed by atoms with E-state index in [4.69, 9.17) is 0 Å². The number of carbonyl (C=O) groups excluding carboxylic acids is 1. The van der Waals surface area contributed by atoms with Crippen molar-refractivity contribution in [2.75, 3.05) is 26.2 Å². The third-order valence-electron chi connectivity index (χ3n) is 4.02. The normalized spacial score (nSPS) is 15.2. The smallest absolute Gasteiger partial charge is 0.278 e. The van der Waals surface area contributed by atoms with E-state index in [1.165, 1.54) is 16.8 Å². The van der Waals surface area contributed by atoms with Crippen LogP contribution in [0.1, 0.15) is 22.6 Å². The van der Waals surface area contributed by atoms with Crippen LogP contribution in [0.3, 0.4) is 0 Å². The second-order valence-electron chi connectivity index (χ2n) is 5.76. The van der Waals surface area contributed by atoms with E-state index >= 15 is 0 Å². The number of rotatable bonds is 2. The molecule has 2 heterocycles. The van der Waals surface area contributed by atoms with Crippen LogP contribution in [0.4, 0.5) is 4.39 Å². The lowest BCUT2D eigenvalue weighted by Gasteiger charge is -2.20. The molecule has 7 heteroatoms. The van der Waals surface area contributed by atoms with E-state index in [1.807, 2.05) is 0 Å². The van der Waals surface area contributed by atoms with Crippen LogP contribution >= 0.6 is 0 Å². The number of nitrogens with one attached hydrogen (secondary N) is 1. The second kappa shape index (κ2) is 6.92. The summed E-state index contributed by atoms with van der Waals surface area (Å²) in [5, 5.41) is 7.37. The lowest BCUT2D eigenvalue weighted by molar-refractivity contribution is 0.0757. The molecule has 1 aliphatic rings. The minimum absolute atomic E-state index is 0.175. The highest BCUT2D eigenvalue weighted by Gasteiger charge is 2.22. The monoisotopic (exact) mass is 330 g/mol. The summed E-state index contributed by atoms with van der Waals surface area (Å²) in [6.07, 6.45) is 0.819. The van der Waals surface area contributed by atoms with Crippen molar-refractivity contribution in [1.29, 1.82) is 0 Å². The van der Waals surface area contributed by atoms with Crippen molar-refractivity contribution in [3.8, 4) is 5.69 Å². The summed E-state index contributed by atoms with van der Waals surface area (Å²) in [6.45, 7) is 4.27. The third-order valence-corrected chi connectivity index (χ3v) is 4.02. The number of halogens is 1. The quantitative estimate of drug-likeness (QED) is 0.896. The van der Waals surface area contributed by atoms with Crippen molar-refractivity contribution in [2.45, 2.75) is 13.3 Å². The summed E-state index contributed by atoms with van der Waals surface area (Å²) in [5.41, 5.74) is 0.0637. The van der Waals surface area contributed by atoms with E-state index < -0.39 is 17.2 Å². The van der Waals surface area contributed by atoms with Gasteiger partial charge < -0.3 is 10.2 Å². The minimum Gasteiger partial charge on any atom is -0.336 e. The fourth-order valence-corrected chi connectivity index (χ4v) is 2.76. The Morgan fingerprint density at radius 3 is 2.83 bits per heavy atom. The fourth-order valence-electron chi connectivity index (χ4n) is 2.76. The Morgan fingerprint density at radius 2 is 2.04 bits per heavy atom. The number of para-hydroxylation sites is 1. The third kappa shape index (κ3) is 3.21. The summed E-state index contributed by atoms with van der Waals surface area (Å²) in [5.74, 6) is -0.872. The first kappa shape index (κ1) is 16.3. The van der Waals surface area contributed by atoms with Gasteiger partial charge in [-0.15, -0.1) is 0 Å². The molecule has 0 atom stereocenters. The number of nitrogens with zero attached hydrogens (tertiary/aromatic N) is 3. The molecule has 0 spiro atoms. The predicted octanol–water partition coefficient (Wildman–Crippen LogP) is 1.12. The first-order valence-corrected chi connectivity index (χ1v) is 7.94. The molecule has 1 fully saturated rings. The summed E-state index contributed by atoms with van der Waals surface area (Å²) in [4.78, 5) is 26.5. The molecule has 0 saturated carbocycles. The molecular formula is C17H19FN4O2. The van der Waals surface area contributed by atoms with Gasteiger partial charge in [0.1, 0.15) is 11.5 Å². The number of hydrogen-bond donors (Lipinski definition) is 1. The van der Waals surface area contributed by atoms with E-state index in [0.29, 0.717) is 25.3 Å². The molecular weight excluding hydrogens is 311 g/mol. The Kier molecular flexibility index (Phi) is 4.71. The van der Waals surface area contributed by atoms with Crippen LogP contribution in [-0.2, 0) is 0 Å². The highest BCUT2D eigenvalue weighted by atomic mass is 19.1. The van der Waals surface area contributed by atoms with Crippen LogP contribution in [0.15, 0.2) is 35.1 Å². The topological polar surface area (TPSA) is 67.2 Å². The number of aromatic nitrogens is 2. The van der Waals surface area contributed by atoms with E-state index in [2.05, 4.69) is 10.4 Å². The Morgan fingerprint density at radius 1 is 1.25 bits per heavy atom. The van der Waals surface area contributed by atoms with Gasteiger partial charge in [0.2, 0.25) is 5.43 Å². The molecule has 6 nitrogen and oxygen atoms in total. The first-order chi connectivity index (χ1) is 11.6. The maximum atomic E-state index is 14.1. The number of aryl methyl sites for hydroxylation is 1. The van der Waals surface area contributed by atoms with E-state index in [0.717, 1.165) is 13.0 Å². The summed E-state index contributed by atoms with van der Waals surface area (Å²) >= 11 is 0. The zero-order valence-corrected chi connectivity index (χ0v) is 13.5. The van der Waals surface area contributed by atoms with Gasteiger partial charge in [-0.2, -0.15) is 5.10 Å². The van der Waals surface area contributed by atoms with Gasteiger partial charge in [-0.1, -0.05) is 12.1 Å². The van der Waals surface area contributed by atoms with E-state index in [1.54, 1.807) is 30.0 Å². The number of carbonyl (C=O) groups is 1. The van der Waals surface area contributed by atoms with Crippen LogP contribution in [-0.4, -0.2) is 46.8 Å². The van der Waals surface area contributed by atoms with Gasteiger partial charge in [-0.25, -0.2) is 9.07 Å². The zero-order chi connectivity index (χ0) is 17.1. The average molecular weight is 330 g/mol. The molecule has 1 amide bonds. The lowest BCUT2D eigenvalue weighted by atomic mass is 10.2. The Bertz CT molecular complexity index is 810. The molecule has 0 radical (unpaired) electrons. The molecule has 24 heavy (non-hydrogen) atoms. The molecule has 1 aliphatic heterocycles. The van der Waals surface area contributed by atoms with Crippen LogP contribution in [0.2, 0.25) is 0 Å². The van der Waals surface area contributed by atoms with Crippen molar-refractivity contribution in [3.63, 3.8) is 0 Å². The molecule has 0 unspecified atom stereocenters. The molecule has 126 valence electrons. The second-order valence-corrected chi connectivity index (χ2v) is 5.76. The minimum atomic E-state index is -0.464. The van der Waals surface area contributed by atoms with Gasteiger partial charge in [0, 0.05) is 31.4 Å². The molecule has 1 aromatic carbocycles. The van der Waals surface area contributed by atoms with Crippen LogP contribution in [0.5, 0.6) is 0 Å². The first-order valence-electron chi connectivity index (χ1n) is 7.94. The molecule has 1 aromatic heterocycles. The molecule has 3 rings (SSSR count). The number of amides is 1. The van der Waals surface area contributed by atoms with Gasteiger partial charge in [0.15, 0.2) is 5.69 Å². The highest BCUT2D eigenvalue weighted by Crippen LogP contribution is 2.13. The molecule has 1 saturated heterocycles. The zero-order valence-electron chi connectivity index (χ0n) is 13.5. The van der Waals surface area contributed by atoms with Crippen LogP contribution < -0.4 is 10.7 Å². The maximum Gasteiger partial charge on any atom is 0.278 e. The van der Waals surface area contributed by atoms with Crippen molar-refractivity contribution in [3.05, 3.63) is 57.8 Å². The largest absolute Gasteiger partial charge is 0.336 e. The summed E-state index contributed by atoms with van der Waals surface area (Å²) < 4.78 is 15.4. The molecule has 1 N–H and O–H groups in total. The Balaban J connectivity index is 2.03. The van der Waals surface area contributed by atoms with Gasteiger partial charge in [0.25, 0.3) is 5.91 Å². The standard InChI is InChI=1S/C17H19FN4O2/c1-12-11-15(23)16(17(24)21-9-4-7-19-8-10-21)20-22(12)14-6-3-2-5-13(14)18/h2-3,5-6,11,19H,4,7-10H2,1H3. The van der Waals surface area contributed by atoms with E-state index in [-0.39, 0.29) is 11.4 Å². The van der Waals surface area contributed by atoms with Crippen LogP contribution in [0, 0.1) is 12.7 Å². The van der Waals surface area contributed by atoms with Crippen LogP contribution in [0.25, 0.3) is 5.69 Å². The molecule has 0 bridgehead atoms. The molecule has 0 aliphatic carbocycles. The van der Waals surface area contributed by atoms with Crippen molar-refractivity contribution >= 4 is 5.91 Å². The van der Waals surface area contributed by atoms with E-state index in [9.17, 15) is 14.0 Å². The summed E-state index contributed by atoms with van der Waals surface area (Å²) in [6, 6.07) is 7.45. The lowest BCUT2D eigenvalue weighted by Crippen LogP contribution is -2.38. The SMILES string of the molecule is Cc1cc(=O)c(C(=O)N2CCCNCC2)nn1-c1ccccc1F. The highest BCUT2D eigenvalue weighted by molar-refractivity contribution is 5.92. The average Bonchev–Trinajstić information content (AvgIpc) is 2.85. The van der Waals surface area contributed by atoms with Crippen molar-refractivity contribution in [2.24, 2.45) is 0 Å². The molecule has 2 aromatic rings. The number of hydrogen-bond acceptors (Lipinski definition) is 4. The number of benzene rings is 1. The van der Waals surface area contributed by atoms with Gasteiger partial charge in [-0.3, -0.25) is 9.59 Å².